The van der Waals surface area contributed by atoms with E-state index in [-0.39, 0.29) is 0 Å². The molecule has 2 aliphatic rings. The summed E-state index contributed by atoms with van der Waals surface area (Å²) in [6.45, 7) is 8.52. The van der Waals surface area contributed by atoms with Gasteiger partial charge in [-0.05, 0) is 55.9 Å². The zero-order chi connectivity index (χ0) is 12.3. The topological polar surface area (TPSA) is 12.0 Å². The third-order valence-electron chi connectivity index (χ3n) is 4.88. The molecule has 0 heterocycles. The molecule has 2 atom stereocenters. The van der Waals surface area contributed by atoms with Gasteiger partial charge in [-0.1, -0.05) is 40.0 Å². The summed E-state index contributed by atoms with van der Waals surface area (Å²) in [6.07, 6.45) is 11.6. The molecule has 2 saturated carbocycles. The van der Waals surface area contributed by atoms with E-state index < -0.39 is 0 Å². The lowest BCUT2D eigenvalue weighted by Gasteiger charge is -2.29. The molecular weight excluding hydrogens is 206 g/mol. The van der Waals surface area contributed by atoms with Gasteiger partial charge in [-0.3, -0.25) is 0 Å². The second kappa shape index (κ2) is 5.73. The molecule has 2 unspecified atom stereocenters. The molecule has 0 radical (unpaired) electrons. The molecule has 100 valence electrons. The Labute approximate surface area is 108 Å². The first-order chi connectivity index (χ1) is 8.05. The van der Waals surface area contributed by atoms with Crippen molar-refractivity contribution in [1.29, 1.82) is 0 Å². The van der Waals surface area contributed by atoms with E-state index in [1.807, 2.05) is 0 Å². The first-order valence-corrected chi connectivity index (χ1v) is 7.79. The predicted octanol–water partition coefficient (Wildman–Crippen LogP) is 4.37. The highest BCUT2D eigenvalue weighted by atomic mass is 14.9. The summed E-state index contributed by atoms with van der Waals surface area (Å²) >= 11 is 0. The fraction of sp³-hybridized carbons (Fsp3) is 1.00. The van der Waals surface area contributed by atoms with E-state index in [0.29, 0.717) is 5.41 Å². The van der Waals surface area contributed by atoms with E-state index in [2.05, 4.69) is 26.1 Å². The van der Waals surface area contributed by atoms with Gasteiger partial charge < -0.3 is 5.32 Å². The minimum absolute atomic E-state index is 0.517. The summed E-state index contributed by atoms with van der Waals surface area (Å²) in [6, 6.07) is 0.820. The van der Waals surface area contributed by atoms with Crippen LogP contribution in [0.5, 0.6) is 0 Å². The lowest BCUT2D eigenvalue weighted by atomic mass is 9.76. The van der Waals surface area contributed by atoms with E-state index in [9.17, 15) is 0 Å². The summed E-state index contributed by atoms with van der Waals surface area (Å²) < 4.78 is 0. The second-order valence-electron chi connectivity index (χ2n) is 7.45. The number of hydrogen-bond donors (Lipinski definition) is 1. The van der Waals surface area contributed by atoms with Gasteiger partial charge in [0.25, 0.3) is 0 Å². The highest BCUT2D eigenvalue weighted by molar-refractivity contribution is 4.82. The van der Waals surface area contributed by atoms with Crippen molar-refractivity contribution in [3.63, 3.8) is 0 Å². The van der Waals surface area contributed by atoms with Crippen LogP contribution in [0.3, 0.4) is 0 Å². The maximum atomic E-state index is 3.80. The molecular formula is C16H31N. The molecule has 0 aromatic heterocycles. The van der Waals surface area contributed by atoms with Crippen LogP contribution in [-0.2, 0) is 0 Å². The highest BCUT2D eigenvalue weighted by Gasteiger charge is 2.28. The summed E-state index contributed by atoms with van der Waals surface area (Å²) in [4.78, 5) is 0. The van der Waals surface area contributed by atoms with Crippen LogP contribution in [0.15, 0.2) is 0 Å². The molecule has 2 fully saturated rings. The van der Waals surface area contributed by atoms with Gasteiger partial charge in [0.1, 0.15) is 0 Å². The molecule has 2 aliphatic carbocycles. The van der Waals surface area contributed by atoms with Crippen LogP contribution >= 0.6 is 0 Å². The van der Waals surface area contributed by atoms with Gasteiger partial charge in [-0.25, -0.2) is 0 Å². The van der Waals surface area contributed by atoms with Crippen molar-refractivity contribution in [1.82, 2.24) is 5.32 Å². The standard InChI is InChI=1S/C16H31N/c1-16(2,3)14-5-4-6-15(10-9-14)17-12-11-13-7-8-13/h13-15,17H,4-12H2,1-3H3. The molecule has 17 heavy (non-hydrogen) atoms. The summed E-state index contributed by atoms with van der Waals surface area (Å²) in [5.74, 6) is 2.02. The monoisotopic (exact) mass is 237 g/mol. The maximum absolute atomic E-state index is 3.80. The van der Waals surface area contributed by atoms with Gasteiger partial charge in [0, 0.05) is 6.04 Å². The molecule has 0 bridgehead atoms. The van der Waals surface area contributed by atoms with Crippen molar-refractivity contribution >= 4 is 0 Å². The summed E-state index contributed by atoms with van der Waals surface area (Å²) in [5, 5.41) is 3.80. The summed E-state index contributed by atoms with van der Waals surface area (Å²) in [7, 11) is 0. The van der Waals surface area contributed by atoms with E-state index >= 15 is 0 Å². The molecule has 2 rings (SSSR count). The van der Waals surface area contributed by atoms with Crippen molar-refractivity contribution in [2.45, 2.75) is 78.2 Å². The van der Waals surface area contributed by atoms with E-state index in [1.165, 1.54) is 57.9 Å². The normalized spacial score (nSPS) is 31.2. The molecule has 0 saturated heterocycles. The average Bonchev–Trinajstić information content (AvgIpc) is 3.02. The third-order valence-corrected chi connectivity index (χ3v) is 4.88. The SMILES string of the molecule is CC(C)(C)C1CCCC(NCCC2CC2)CC1. The average molecular weight is 237 g/mol. The zero-order valence-corrected chi connectivity index (χ0v) is 12.1. The first-order valence-electron chi connectivity index (χ1n) is 7.79. The van der Waals surface area contributed by atoms with Gasteiger partial charge in [-0.15, -0.1) is 0 Å². The van der Waals surface area contributed by atoms with Crippen molar-refractivity contribution < 1.29 is 0 Å². The van der Waals surface area contributed by atoms with Crippen LogP contribution in [-0.4, -0.2) is 12.6 Å². The predicted molar refractivity (Wildman–Crippen MR) is 75.2 cm³/mol. The lowest BCUT2D eigenvalue weighted by Crippen LogP contribution is -2.30. The van der Waals surface area contributed by atoms with Crippen LogP contribution in [0.4, 0.5) is 0 Å². The Morgan fingerprint density at radius 2 is 1.71 bits per heavy atom. The largest absolute Gasteiger partial charge is 0.314 e. The number of nitrogens with one attached hydrogen (secondary N) is 1. The minimum atomic E-state index is 0.517. The Bertz CT molecular complexity index is 224. The zero-order valence-electron chi connectivity index (χ0n) is 12.1. The molecule has 1 heteroatoms. The Balaban J connectivity index is 1.67. The Hall–Kier alpha value is -0.0400. The van der Waals surface area contributed by atoms with Crippen LogP contribution in [0.1, 0.15) is 72.1 Å². The van der Waals surface area contributed by atoms with E-state index in [1.54, 1.807) is 0 Å². The highest BCUT2D eigenvalue weighted by Crippen LogP contribution is 2.37. The van der Waals surface area contributed by atoms with Crippen molar-refractivity contribution in [3.8, 4) is 0 Å². The molecule has 0 amide bonds. The van der Waals surface area contributed by atoms with Crippen LogP contribution in [0.2, 0.25) is 0 Å². The van der Waals surface area contributed by atoms with E-state index in [4.69, 9.17) is 0 Å². The second-order valence-corrected chi connectivity index (χ2v) is 7.45. The van der Waals surface area contributed by atoms with Crippen LogP contribution in [0.25, 0.3) is 0 Å². The van der Waals surface area contributed by atoms with Gasteiger partial charge in [0.15, 0.2) is 0 Å². The van der Waals surface area contributed by atoms with Crippen LogP contribution in [0, 0.1) is 17.3 Å². The molecule has 1 nitrogen and oxygen atoms in total. The summed E-state index contributed by atoms with van der Waals surface area (Å²) in [5.41, 5.74) is 0.517. The lowest BCUT2D eigenvalue weighted by molar-refractivity contribution is 0.213. The third kappa shape index (κ3) is 4.62. The fourth-order valence-corrected chi connectivity index (χ4v) is 3.27. The molecule has 0 aromatic carbocycles. The Morgan fingerprint density at radius 1 is 0.941 bits per heavy atom. The minimum Gasteiger partial charge on any atom is -0.314 e. The van der Waals surface area contributed by atoms with Crippen molar-refractivity contribution in [2.24, 2.45) is 17.3 Å². The van der Waals surface area contributed by atoms with Crippen LogP contribution < -0.4 is 5.32 Å². The molecule has 0 spiro atoms. The first kappa shape index (κ1) is 13.4. The van der Waals surface area contributed by atoms with Gasteiger partial charge >= 0.3 is 0 Å². The van der Waals surface area contributed by atoms with Gasteiger partial charge in [-0.2, -0.15) is 0 Å². The van der Waals surface area contributed by atoms with Gasteiger partial charge in [0.05, 0.1) is 0 Å². The molecule has 1 N–H and O–H groups in total. The molecule has 0 aliphatic heterocycles. The molecule has 0 aromatic rings. The smallest absolute Gasteiger partial charge is 0.00671 e. The maximum Gasteiger partial charge on any atom is 0.00671 e. The number of hydrogen-bond acceptors (Lipinski definition) is 1. The fourth-order valence-electron chi connectivity index (χ4n) is 3.27. The quantitative estimate of drug-likeness (QED) is 0.716. The Morgan fingerprint density at radius 3 is 2.35 bits per heavy atom. The van der Waals surface area contributed by atoms with Gasteiger partial charge in [0.2, 0.25) is 0 Å². The van der Waals surface area contributed by atoms with Crippen molar-refractivity contribution in [2.75, 3.05) is 6.54 Å². The number of rotatable bonds is 4. The van der Waals surface area contributed by atoms with E-state index in [0.717, 1.165) is 17.9 Å². The Kier molecular flexibility index (Phi) is 4.52. The van der Waals surface area contributed by atoms with Crippen molar-refractivity contribution in [3.05, 3.63) is 0 Å².